The molecule has 1 aromatic rings. The second-order valence-corrected chi connectivity index (χ2v) is 4.60. The van der Waals surface area contributed by atoms with Gasteiger partial charge in [0, 0.05) is 5.33 Å². The molecule has 1 aliphatic rings. The number of aryl methyl sites for hydroxylation is 1. The summed E-state index contributed by atoms with van der Waals surface area (Å²) >= 11 is 3.45. The van der Waals surface area contributed by atoms with Crippen molar-refractivity contribution in [2.45, 2.75) is 31.6 Å². The first kappa shape index (κ1) is 9.26. The Hall–Kier alpha value is -0.300. The molecule has 0 atom stereocenters. The van der Waals surface area contributed by atoms with Gasteiger partial charge in [0.2, 0.25) is 0 Å². The largest absolute Gasteiger partial charge is 0.0928 e. The van der Waals surface area contributed by atoms with Gasteiger partial charge in [0.1, 0.15) is 0 Å². The van der Waals surface area contributed by atoms with Gasteiger partial charge in [-0.15, -0.1) is 0 Å². The van der Waals surface area contributed by atoms with Crippen LogP contribution in [0.3, 0.4) is 0 Å². The monoisotopic (exact) mass is 238 g/mol. The van der Waals surface area contributed by atoms with Crippen molar-refractivity contribution in [3.05, 3.63) is 35.4 Å². The minimum Gasteiger partial charge on any atom is -0.0928 e. The Balaban J connectivity index is 1.96. The van der Waals surface area contributed by atoms with Crippen molar-refractivity contribution in [3.63, 3.8) is 0 Å². The van der Waals surface area contributed by atoms with E-state index in [9.17, 15) is 0 Å². The van der Waals surface area contributed by atoms with Crippen LogP contribution >= 0.6 is 15.9 Å². The van der Waals surface area contributed by atoms with Gasteiger partial charge in [-0.3, -0.25) is 0 Å². The molecule has 70 valence electrons. The van der Waals surface area contributed by atoms with Crippen molar-refractivity contribution in [3.8, 4) is 0 Å². The topological polar surface area (TPSA) is 0 Å². The van der Waals surface area contributed by atoms with Crippen molar-refractivity contribution in [1.82, 2.24) is 0 Å². The predicted octanol–water partition coefficient (Wildman–Crippen LogP) is 3.89. The Morgan fingerprint density at radius 3 is 2.38 bits per heavy atom. The van der Waals surface area contributed by atoms with Crippen molar-refractivity contribution in [1.29, 1.82) is 0 Å². The van der Waals surface area contributed by atoms with Crippen LogP contribution in [0, 0.1) is 0 Å². The van der Waals surface area contributed by atoms with E-state index in [1.54, 1.807) is 5.56 Å². The zero-order valence-electron chi connectivity index (χ0n) is 7.80. The molecular formula is C12H15Br. The zero-order chi connectivity index (χ0) is 9.10. The first-order valence-electron chi connectivity index (χ1n) is 5.05. The van der Waals surface area contributed by atoms with Gasteiger partial charge >= 0.3 is 0 Å². The standard InChI is InChI=1S/C12H15Br/c13-9-1-2-10-3-5-11(6-4-10)12-7-8-12/h3-6,12H,1-2,7-9H2. The van der Waals surface area contributed by atoms with Gasteiger partial charge in [-0.25, -0.2) is 0 Å². The van der Waals surface area contributed by atoms with Crippen LogP contribution in [0.4, 0.5) is 0 Å². The van der Waals surface area contributed by atoms with Crippen LogP contribution in [-0.4, -0.2) is 5.33 Å². The SMILES string of the molecule is BrCCCc1ccc(C2CC2)cc1. The molecule has 2 rings (SSSR count). The molecular weight excluding hydrogens is 224 g/mol. The molecule has 1 saturated carbocycles. The molecule has 0 amide bonds. The Labute approximate surface area is 88.5 Å². The third-order valence-electron chi connectivity index (χ3n) is 2.63. The van der Waals surface area contributed by atoms with E-state index in [2.05, 4.69) is 40.2 Å². The summed E-state index contributed by atoms with van der Waals surface area (Å²) in [7, 11) is 0. The van der Waals surface area contributed by atoms with Crippen LogP contribution < -0.4 is 0 Å². The van der Waals surface area contributed by atoms with Crippen LogP contribution in [0.15, 0.2) is 24.3 Å². The molecule has 1 aliphatic carbocycles. The quantitative estimate of drug-likeness (QED) is 0.699. The van der Waals surface area contributed by atoms with E-state index < -0.39 is 0 Å². The lowest BCUT2D eigenvalue weighted by Gasteiger charge is -2.01. The highest BCUT2D eigenvalue weighted by molar-refractivity contribution is 9.09. The predicted molar refractivity (Wildman–Crippen MR) is 60.5 cm³/mol. The second-order valence-electron chi connectivity index (χ2n) is 3.81. The molecule has 13 heavy (non-hydrogen) atoms. The van der Waals surface area contributed by atoms with E-state index in [4.69, 9.17) is 0 Å². The Kier molecular flexibility index (Phi) is 3.05. The fraction of sp³-hybridized carbons (Fsp3) is 0.500. The number of hydrogen-bond acceptors (Lipinski definition) is 0. The average Bonchev–Trinajstić information content (AvgIpc) is 2.99. The van der Waals surface area contributed by atoms with Crippen molar-refractivity contribution in [2.75, 3.05) is 5.33 Å². The van der Waals surface area contributed by atoms with Crippen LogP contribution in [0.2, 0.25) is 0 Å². The van der Waals surface area contributed by atoms with Crippen LogP contribution in [-0.2, 0) is 6.42 Å². The van der Waals surface area contributed by atoms with Crippen molar-refractivity contribution < 1.29 is 0 Å². The maximum atomic E-state index is 3.45. The Morgan fingerprint density at radius 2 is 1.85 bits per heavy atom. The molecule has 1 aromatic carbocycles. The summed E-state index contributed by atoms with van der Waals surface area (Å²) in [6.45, 7) is 0. The number of alkyl halides is 1. The zero-order valence-corrected chi connectivity index (χ0v) is 9.39. The summed E-state index contributed by atoms with van der Waals surface area (Å²) in [5.41, 5.74) is 3.02. The van der Waals surface area contributed by atoms with Gasteiger partial charge in [-0.2, -0.15) is 0 Å². The fourth-order valence-electron chi connectivity index (χ4n) is 1.64. The molecule has 0 N–H and O–H groups in total. The van der Waals surface area contributed by atoms with E-state index in [0.717, 1.165) is 11.2 Å². The van der Waals surface area contributed by atoms with Crippen molar-refractivity contribution in [2.24, 2.45) is 0 Å². The summed E-state index contributed by atoms with van der Waals surface area (Å²) in [5.74, 6) is 0.894. The van der Waals surface area contributed by atoms with E-state index in [1.807, 2.05) is 0 Å². The molecule has 1 heteroatoms. The maximum absolute atomic E-state index is 3.45. The fourth-order valence-corrected chi connectivity index (χ4v) is 1.92. The average molecular weight is 239 g/mol. The summed E-state index contributed by atoms with van der Waals surface area (Å²) in [5, 5.41) is 1.11. The Bertz CT molecular complexity index is 259. The van der Waals surface area contributed by atoms with E-state index in [0.29, 0.717) is 0 Å². The molecule has 0 saturated heterocycles. The first-order chi connectivity index (χ1) is 6.40. The summed E-state index contributed by atoms with van der Waals surface area (Å²) in [6, 6.07) is 9.19. The molecule has 0 spiro atoms. The lowest BCUT2D eigenvalue weighted by atomic mass is 10.1. The molecule has 0 aliphatic heterocycles. The van der Waals surface area contributed by atoms with Gasteiger partial charge < -0.3 is 0 Å². The van der Waals surface area contributed by atoms with Crippen molar-refractivity contribution >= 4 is 15.9 Å². The molecule has 0 unspecified atom stereocenters. The smallest absolute Gasteiger partial charge is 0.00344 e. The van der Waals surface area contributed by atoms with Crippen LogP contribution in [0.25, 0.3) is 0 Å². The normalized spacial score (nSPS) is 16.1. The number of rotatable bonds is 4. The van der Waals surface area contributed by atoms with Crippen LogP contribution in [0.5, 0.6) is 0 Å². The Morgan fingerprint density at radius 1 is 1.15 bits per heavy atom. The van der Waals surface area contributed by atoms with Gasteiger partial charge in [0.05, 0.1) is 0 Å². The van der Waals surface area contributed by atoms with Gasteiger partial charge in [-0.1, -0.05) is 40.2 Å². The molecule has 1 fully saturated rings. The molecule has 0 heterocycles. The minimum atomic E-state index is 0.894. The van der Waals surface area contributed by atoms with E-state index in [1.165, 1.54) is 31.2 Å². The third kappa shape index (κ3) is 2.57. The minimum absolute atomic E-state index is 0.894. The first-order valence-corrected chi connectivity index (χ1v) is 6.17. The second kappa shape index (κ2) is 4.28. The maximum Gasteiger partial charge on any atom is 0.00344 e. The summed E-state index contributed by atoms with van der Waals surface area (Å²) < 4.78 is 0. The summed E-state index contributed by atoms with van der Waals surface area (Å²) in [6.07, 6.45) is 5.25. The highest BCUT2D eigenvalue weighted by atomic mass is 79.9. The lowest BCUT2D eigenvalue weighted by Crippen LogP contribution is -1.86. The highest BCUT2D eigenvalue weighted by Crippen LogP contribution is 2.39. The number of halogens is 1. The van der Waals surface area contributed by atoms with E-state index >= 15 is 0 Å². The van der Waals surface area contributed by atoms with Crippen LogP contribution in [0.1, 0.15) is 36.3 Å². The molecule has 0 bridgehead atoms. The van der Waals surface area contributed by atoms with Gasteiger partial charge in [0.15, 0.2) is 0 Å². The van der Waals surface area contributed by atoms with Gasteiger partial charge in [0.25, 0.3) is 0 Å². The third-order valence-corrected chi connectivity index (χ3v) is 3.19. The highest BCUT2D eigenvalue weighted by Gasteiger charge is 2.22. The molecule has 0 radical (unpaired) electrons. The molecule has 0 aromatic heterocycles. The van der Waals surface area contributed by atoms with E-state index in [-0.39, 0.29) is 0 Å². The van der Waals surface area contributed by atoms with Gasteiger partial charge in [-0.05, 0) is 42.7 Å². The molecule has 0 nitrogen and oxygen atoms in total. The number of hydrogen-bond donors (Lipinski definition) is 0. The summed E-state index contributed by atoms with van der Waals surface area (Å²) in [4.78, 5) is 0. The number of benzene rings is 1. The lowest BCUT2D eigenvalue weighted by molar-refractivity contribution is 0.937.